The van der Waals surface area contributed by atoms with Gasteiger partial charge in [-0.2, -0.15) is 11.3 Å². The highest BCUT2D eigenvalue weighted by atomic mass is 32.1. The first kappa shape index (κ1) is 18.2. The van der Waals surface area contributed by atoms with Crippen LogP contribution in [0.2, 0.25) is 0 Å². The van der Waals surface area contributed by atoms with Gasteiger partial charge in [-0.1, -0.05) is 13.8 Å². The monoisotopic (exact) mass is 350 g/mol. The molecule has 2 aromatic rings. The summed E-state index contributed by atoms with van der Waals surface area (Å²) in [5.41, 5.74) is 0.108. The first-order valence-corrected chi connectivity index (χ1v) is 8.82. The van der Waals surface area contributed by atoms with Gasteiger partial charge in [0.2, 0.25) is 5.91 Å². The molecule has 2 rings (SSSR count). The maximum Gasteiger partial charge on any atom is 0.328 e. The molecule has 0 saturated heterocycles. The van der Waals surface area contributed by atoms with E-state index in [-0.39, 0.29) is 18.5 Å². The molecule has 0 radical (unpaired) electrons. The summed E-state index contributed by atoms with van der Waals surface area (Å²) in [6.45, 7) is 6.28. The predicted octanol–water partition coefficient (Wildman–Crippen LogP) is 0.797. The molecular weight excluding hydrogens is 328 g/mol. The van der Waals surface area contributed by atoms with E-state index in [1.807, 2.05) is 5.38 Å². The van der Waals surface area contributed by atoms with E-state index in [0.29, 0.717) is 6.54 Å². The average molecular weight is 350 g/mol. The number of rotatable bonds is 8. The molecular formula is C16H22N4O3S. The molecule has 0 spiro atoms. The molecule has 2 aromatic heterocycles. The molecule has 1 unspecified atom stereocenters. The van der Waals surface area contributed by atoms with E-state index < -0.39 is 11.2 Å². The molecule has 2 N–H and O–H groups in total. The normalized spacial score (nSPS) is 12.3. The second kappa shape index (κ2) is 8.60. The third-order valence-corrected chi connectivity index (χ3v) is 4.59. The number of aromatic amines is 1. The third kappa shape index (κ3) is 4.65. The van der Waals surface area contributed by atoms with Gasteiger partial charge in [-0.05, 0) is 35.5 Å². The van der Waals surface area contributed by atoms with Crippen LogP contribution in [0.1, 0.15) is 25.5 Å². The van der Waals surface area contributed by atoms with Gasteiger partial charge in [0.05, 0.1) is 6.04 Å². The van der Waals surface area contributed by atoms with Crippen LogP contribution in [0.3, 0.4) is 0 Å². The van der Waals surface area contributed by atoms with Crippen molar-refractivity contribution < 1.29 is 4.79 Å². The summed E-state index contributed by atoms with van der Waals surface area (Å²) < 4.78 is 1.17. The molecule has 0 aromatic carbocycles. The zero-order valence-electron chi connectivity index (χ0n) is 13.8. The van der Waals surface area contributed by atoms with Crippen LogP contribution >= 0.6 is 11.3 Å². The Morgan fingerprint density at radius 2 is 2.08 bits per heavy atom. The molecule has 2 heterocycles. The molecule has 8 heteroatoms. The first-order valence-electron chi connectivity index (χ1n) is 7.87. The Kier molecular flexibility index (Phi) is 6.51. The molecule has 24 heavy (non-hydrogen) atoms. The van der Waals surface area contributed by atoms with Crippen molar-refractivity contribution in [2.45, 2.75) is 26.4 Å². The Bertz CT molecular complexity index is 762. The fourth-order valence-corrected chi connectivity index (χ4v) is 3.28. The number of nitrogens with zero attached hydrogens (tertiary/aromatic N) is 2. The van der Waals surface area contributed by atoms with Crippen molar-refractivity contribution in [3.05, 3.63) is 55.5 Å². The standard InChI is InChI=1S/C16H22N4O3S/c1-3-19(4-2)13(12-6-8-24-11-12)9-17-15(22)10-20-7-5-14(21)18-16(20)23/h5-8,11,13H,3-4,9-10H2,1-2H3,(H,17,22)(H,18,21,23). The zero-order chi connectivity index (χ0) is 17.5. The predicted molar refractivity (Wildman–Crippen MR) is 94.3 cm³/mol. The Morgan fingerprint density at radius 1 is 1.33 bits per heavy atom. The fourth-order valence-electron chi connectivity index (χ4n) is 2.58. The number of hydrogen-bond acceptors (Lipinski definition) is 5. The summed E-state index contributed by atoms with van der Waals surface area (Å²) in [5, 5.41) is 6.99. The molecule has 0 fully saturated rings. The Hall–Kier alpha value is -2.19. The first-order chi connectivity index (χ1) is 11.5. The summed E-state index contributed by atoms with van der Waals surface area (Å²) in [6.07, 6.45) is 1.32. The van der Waals surface area contributed by atoms with E-state index in [2.05, 4.69) is 40.5 Å². The van der Waals surface area contributed by atoms with Gasteiger partial charge in [0.1, 0.15) is 6.54 Å². The minimum Gasteiger partial charge on any atom is -0.353 e. The molecule has 0 aliphatic heterocycles. The van der Waals surface area contributed by atoms with Crippen LogP contribution in [0.4, 0.5) is 0 Å². The Morgan fingerprint density at radius 3 is 2.67 bits per heavy atom. The number of thiophene rings is 1. The van der Waals surface area contributed by atoms with Crippen molar-refractivity contribution in [2.75, 3.05) is 19.6 Å². The van der Waals surface area contributed by atoms with Crippen LogP contribution in [0.15, 0.2) is 38.7 Å². The van der Waals surface area contributed by atoms with Gasteiger partial charge < -0.3 is 5.32 Å². The molecule has 1 atom stereocenters. The lowest BCUT2D eigenvalue weighted by molar-refractivity contribution is -0.122. The van der Waals surface area contributed by atoms with Crippen molar-refractivity contribution in [2.24, 2.45) is 0 Å². The number of hydrogen-bond donors (Lipinski definition) is 2. The van der Waals surface area contributed by atoms with Crippen molar-refractivity contribution in [3.8, 4) is 0 Å². The van der Waals surface area contributed by atoms with E-state index in [0.717, 1.165) is 13.1 Å². The maximum atomic E-state index is 12.1. The minimum atomic E-state index is -0.587. The lowest BCUT2D eigenvalue weighted by Crippen LogP contribution is -2.40. The lowest BCUT2D eigenvalue weighted by atomic mass is 10.1. The number of likely N-dealkylation sites (N-methyl/N-ethyl adjacent to an activating group) is 1. The van der Waals surface area contributed by atoms with Gasteiger partial charge in [-0.3, -0.25) is 24.0 Å². The number of carbonyl (C=O) groups excluding carboxylic acids is 1. The molecule has 130 valence electrons. The topological polar surface area (TPSA) is 87.2 Å². The molecule has 0 bridgehead atoms. The average Bonchev–Trinajstić information content (AvgIpc) is 3.08. The highest BCUT2D eigenvalue weighted by molar-refractivity contribution is 7.07. The van der Waals surface area contributed by atoms with Gasteiger partial charge in [0.25, 0.3) is 5.56 Å². The summed E-state index contributed by atoms with van der Waals surface area (Å²) >= 11 is 1.63. The molecule has 0 aliphatic rings. The van der Waals surface area contributed by atoms with E-state index in [4.69, 9.17) is 0 Å². The molecule has 7 nitrogen and oxygen atoms in total. The molecule has 1 amide bonds. The van der Waals surface area contributed by atoms with Crippen LogP contribution in [0.5, 0.6) is 0 Å². The largest absolute Gasteiger partial charge is 0.353 e. The van der Waals surface area contributed by atoms with Crippen molar-refractivity contribution in [1.29, 1.82) is 0 Å². The quantitative estimate of drug-likeness (QED) is 0.737. The highest BCUT2D eigenvalue weighted by Gasteiger charge is 2.19. The van der Waals surface area contributed by atoms with E-state index in [1.165, 1.54) is 22.4 Å². The van der Waals surface area contributed by atoms with E-state index in [9.17, 15) is 14.4 Å². The second-order valence-electron chi connectivity index (χ2n) is 5.34. The number of H-pyrrole nitrogens is 1. The maximum absolute atomic E-state index is 12.1. The SMILES string of the molecule is CCN(CC)C(CNC(=O)Cn1ccc(=O)[nH]c1=O)c1ccsc1. The third-order valence-electron chi connectivity index (χ3n) is 3.88. The van der Waals surface area contributed by atoms with E-state index >= 15 is 0 Å². The van der Waals surface area contributed by atoms with Crippen LogP contribution in [0.25, 0.3) is 0 Å². The van der Waals surface area contributed by atoms with Gasteiger partial charge in [-0.15, -0.1) is 0 Å². The van der Waals surface area contributed by atoms with Gasteiger partial charge in [0, 0.05) is 18.8 Å². The molecule has 0 saturated carbocycles. The van der Waals surface area contributed by atoms with Crippen LogP contribution < -0.4 is 16.6 Å². The van der Waals surface area contributed by atoms with Crippen LogP contribution in [-0.4, -0.2) is 40.0 Å². The lowest BCUT2D eigenvalue weighted by Gasteiger charge is -2.29. The molecule has 0 aliphatic carbocycles. The van der Waals surface area contributed by atoms with Crippen LogP contribution in [-0.2, 0) is 11.3 Å². The fraction of sp³-hybridized carbons (Fsp3) is 0.438. The highest BCUT2D eigenvalue weighted by Crippen LogP contribution is 2.22. The minimum absolute atomic E-state index is 0.0995. The zero-order valence-corrected chi connectivity index (χ0v) is 14.6. The van der Waals surface area contributed by atoms with Gasteiger partial charge >= 0.3 is 5.69 Å². The Balaban J connectivity index is 2.02. The van der Waals surface area contributed by atoms with Crippen molar-refractivity contribution >= 4 is 17.2 Å². The van der Waals surface area contributed by atoms with Crippen molar-refractivity contribution in [1.82, 2.24) is 19.8 Å². The van der Waals surface area contributed by atoms with Crippen LogP contribution in [0, 0.1) is 0 Å². The summed E-state index contributed by atoms with van der Waals surface area (Å²) in [6, 6.07) is 3.38. The number of amides is 1. The van der Waals surface area contributed by atoms with Crippen molar-refractivity contribution in [3.63, 3.8) is 0 Å². The number of carbonyl (C=O) groups is 1. The summed E-state index contributed by atoms with van der Waals surface area (Å²) in [5.74, 6) is -0.267. The summed E-state index contributed by atoms with van der Waals surface area (Å²) in [7, 11) is 0. The Labute approximate surface area is 143 Å². The second-order valence-corrected chi connectivity index (χ2v) is 6.12. The smallest absolute Gasteiger partial charge is 0.328 e. The number of aromatic nitrogens is 2. The van der Waals surface area contributed by atoms with Gasteiger partial charge in [-0.25, -0.2) is 4.79 Å². The number of nitrogens with one attached hydrogen (secondary N) is 2. The summed E-state index contributed by atoms with van der Waals surface area (Å²) in [4.78, 5) is 39.2. The van der Waals surface area contributed by atoms with Gasteiger partial charge in [0.15, 0.2) is 0 Å². The van der Waals surface area contributed by atoms with E-state index in [1.54, 1.807) is 11.3 Å².